The molecule has 1 aromatic rings. The summed E-state index contributed by atoms with van der Waals surface area (Å²) in [5.41, 5.74) is 3.89. The van der Waals surface area contributed by atoms with Crippen LogP contribution in [0.3, 0.4) is 0 Å². The van der Waals surface area contributed by atoms with Crippen LogP contribution in [0.1, 0.15) is 33.3 Å². The molecule has 18 heavy (non-hydrogen) atoms. The van der Waals surface area contributed by atoms with E-state index in [4.69, 9.17) is 16.3 Å². The van der Waals surface area contributed by atoms with Crippen molar-refractivity contribution >= 4 is 11.6 Å². The van der Waals surface area contributed by atoms with E-state index in [-0.39, 0.29) is 5.54 Å². The normalized spacial score (nSPS) is 12.6. The highest BCUT2D eigenvalue weighted by atomic mass is 35.5. The van der Waals surface area contributed by atoms with Gasteiger partial charge in [-0.3, -0.25) is 0 Å². The Morgan fingerprint density at radius 1 is 1.39 bits per heavy atom. The van der Waals surface area contributed by atoms with E-state index in [9.17, 15) is 0 Å². The van der Waals surface area contributed by atoms with Gasteiger partial charge in [0, 0.05) is 17.6 Å². The molecular formula is C15H22ClNO. The van der Waals surface area contributed by atoms with Gasteiger partial charge in [0.05, 0.1) is 0 Å². The van der Waals surface area contributed by atoms with Crippen LogP contribution >= 0.6 is 11.6 Å². The SMILES string of the molecule is C/C(=C/Cl)COc1cccc(CNC(C)(C)C)c1. The molecule has 1 aromatic carbocycles. The maximum absolute atomic E-state index is 5.65. The van der Waals surface area contributed by atoms with Crippen LogP contribution in [0.5, 0.6) is 5.75 Å². The highest BCUT2D eigenvalue weighted by Crippen LogP contribution is 2.15. The third-order valence-corrected chi connectivity index (χ3v) is 2.75. The molecule has 2 nitrogen and oxygen atoms in total. The van der Waals surface area contributed by atoms with Gasteiger partial charge in [0.1, 0.15) is 12.4 Å². The first-order chi connectivity index (χ1) is 8.40. The molecule has 0 aliphatic rings. The Morgan fingerprint density at radius 3 is 2.72 bits per heavy atom. The van der Waals surface area contributed by atoms with Crippen molar-refractivity contribution in [1.29, 1.82) is 0 Å². The molecule has 0 unspecified atom stereocenters. The third kappa shape index (κ3) is 6.08. The predicted molar refractivity (Wildman–Crippen MR) is 78.1 cm³/mol. The Morgan fingerprint density at radius 2 is 2.11 bits per heavy atom. The van der Waals surface area contributed by atoms with Crippen molar-refractivity contribution in [3.8, 4) is 5.75 Å². The molecule has 100 valence electrons. The molecule has 0 saturated heterocycles. The van der Waals surface area contributed by atoms with Crippen molar-refractivity contribution in [3.05, 3.63) is 40.9 Å². The summed E-state index contributed by atoms with van der Waals surface area (Å²) in [6, 6.07) is 8.12. The van der Waals surface area contributed by atoms with E-state index in [2.05, 4.69) is 38.2 Å². The van der Waals surface area contributed by atoms with Gasteiger partial charge >= 0.3 is 0 Å². The van der Waals surface area contributed by atoms with Gasteiger partial charge in [-0.1, -0.05) is 23.7 Å². The molecule has 0 aliphatic heterocycles. The first kappa shape index (κ1) is 15.1. The Labute approximate surface area is 115 Å². The van der Waals surface area contributed by atoms with Crippen LogP contribution < -0.4 is 10.1 Å². The van der Waals surface area contributed by atoms with E-state index in [1.54, 1.807) is 5.54 Å². The number of hydrogen-bond donors (Lipinski definition) is 1. The number of nitrogens with one attached hydrogen (secondary N) is 1. The number of benzene rings is 1. The van der Waals surface area contributed by atoms with Gasteiger partial charge in [-0.25, -0.2) is 0 Å². The highest BCUT2D eigenvalue weighted by molar-refractivity contribution is 6.25. The van der Waals surface area contributed by atoms with E-state index < -0.39 is 0 Å². The quantitative estimate of drug-likeness (QED) is 0.867. The molecule has 1 rings (SSSR count). The van der Waals surface area contributed by atoms with Gasteiger partial charge in [-0.05, 0) is 51.0 Å². The van der Waals surface area contributed by atoms with Crippen LogP contribution in [0.25, 0.3) is 0 Å². The van der Waals surface area contributed by atoms with Crippen LogP contribution in [0.2, 0.25) is 0 Å². The lowest BCUT2D eigenvalue weighted by Crippen LogP contribution is -2.35. The van der Waals surface area contributed by atoms with E-state index in [1.807, 2.05) is 19.1 Å². The van der Waals surface area contributed by atoms with Crippen molar-refractivity contribution in [2.45, 2.75) is 39.8 Å². The van der Waals surface area contributed by atoms with Gasteiger partial charge in [0.15, 0.2) is 0 Å². The molecule has 0 saturated carbocycles. The summed E-state index contributed by atoms with van der Waals surface area (Å²) in [6.45, 7) is 9.77. The minimum absolute atomic E-state index is 0.120. The molecule has 0 fully saturated rings. The largest absolute Gasteiger partial charge is 0.489 e. The lowest BCUT2D eigenvalue weighted by atomic mass is 10.1. The van der Waals surface area contributed by atoms with Gasteiger partial charge in [0.25, 0.3) is 0 Å². The summed E-state index contributed by atoms with van der Waals surface area (Å²) in [6.07, 6.45) is 0. The Bertz CT molecular complexity index is 407. The van der Waals surface area contributed by atoms with Gasteiger partial charge in [0.2, 0.25) is 0 Å². The molecule has 1 N–H and O–H groups in total. The van der Waals surface area contributed by atoms with Crippen LogP contribution in [0.4, 0.5) is 0 Å². The average Bonchev–Trinajstić information content (AvgIpc) is 2.33. The molecule has 0 spiro atoms. The molecule has 0 amide bonds. The fourth-order valence-corrected chi connectivity index (χ4v) is 1.40. The Balaban J connectivity index is 2.57. The van der Waals surface area contributed by atoms with Gasteiger partial charge < -0.3 is 10.1 Å². The average molecular weight is 268 g/mol. The van der Waals surface area contributed by atoms with Crippen molar-refractivity contribution in [2.75, 3.05) is 6.61 Å². The number of halogens is 1. The summed E-state index contributed by atoms with van der Waals surface area (Å²) in [5, 5.41) is 3.45. The van der Waals surface area contributed by atoms with Gasteiger partial charge in [-0.15, -0.1) is 0 Å². The number of rotatable bonds is 5. The lowest BCUT2D eigenvalue weighted by Gasteiger charge is -2.20. The van der Waals surface area contributed by atoms with E-state index >= 15 is 0 Å². The Hall–Kier alpha value is -0.990. The second-order valence-corrected chi connectivity index (χ2v) is 5.71. The van der Waals surface area contributed by atoms with Gasteiger partial charge in [-0.2, -0.15) is 0 Å². The number of ether oxygens (including phenoxy) is 1. The standard InChI is InChI=1S/C15H22ClNO/c1-12(9-16)11-18-14-7-5-6-13(8-14)10-17-15(2,3)4/h5-9,17H,10-11H2,1-4H3/b12-9-. The zero-order valence-electron chi connectivity index (χ0n) is 11.6. The molecule has 0 aromatic heterocycles. The summed E-state index contributed by atoms with van der Waals surface area (Å²) >= 11 is 5.60. The Kier molecular flexibility index (Phi) is 5.70. The zero-order chi connectivity index (χ0) is 13.6. The summed E-state index contributed by atoms with van der Waals surface area (Å²) in [7, 11) is 0. The summed E-state index contributed by atoms with van der Waals surface area (Å²) in [5.74, 6) is 0.876. The monoisotopic (exact) mass is 267 g/mol. The van der Waals surface area contributed by atoms with E-state index in [0.717, 1.165) is 17.9 Å². The van der Waals surface area contributed by atoms with Crippen LogP contribution in [0.15, 0.2) is 35.4 Å². The van der Waals surface area contributed by atoms with Crippen molar-refractivity contribution in [2.24, 2.45) is 0 Å². The smallest absolute Gasteiger partial charge is 0.120 e. The second-order valence-electron chi connectivity index (χ2n) is 5.50. The second kappa shape index (κ2) is 6.81. The minimum atomic E-state index is 0.120. The fraction of sp³-hybridized carbons (Fsp3) is 0.467. The molecular weight excluding hydrogens is 246 g/mol. The van der Waals surface area contributed by atoms with Crippen molar-refractivity contribution in [1.82, 2.24) is 5.32 Å². The molecule has 0 bridgehead atoms. The maximum Gasteiger partial charge on any atom is 0.120 e. The van der Waals surface area contributed by atoms with Crippen molar-refractivity contribution < 1.29 is 4.74 Å². The topological polar surface area (TPSA) is 21.3 Å². The maximum atomic E-state index is 5.65. The third-order valence-electron chi connectivity index (χ3n) is 2.37. The minimum Gasteiger partial charge on any atom is -0.489 e. The predicted octanol–water partition coefficient (Wildman–Crippen LogP) is 4.10. The highest BCUT2D eigenvalue weighted by Gasteiger charge is 2.08. The van der Waals surface area contributed by atoms with Crippen LogP contribution in [-0.2, 0) is 6.54 Å². The number of hydrogen-bond acceptors (Lipinski definition) is 2. The summed E-state index contributed by atoms with van der Waals surface area (Å²) < 4.78 is 5.65. The fourth-order valence-electron chi connectivity index (χ4n) is 1.34. The zero-order valence-corrected chi connectivity index (χ0v) is 12.3. The first-order valence-corrected chi connectivity index (χ1v) is 6.57. The first-order valence-electron chi connectivity index (χ1n) is 6.13. The van der Waals surface area contributed by atoms with E-state index in [1.165, 1.54) is 5.56 Å². The molecule has 0 aliphatic carbocycles. The molecule has 0 radical (unpaired) electrons. The molecule has 0 heterocycles. The summed E-state index contributed by atoms with van der Waals surface area (Å²) in [4.78, 5) is 0. The molecule has 0 atom stereocenters. The lowest BCUT2D eigenvalue weighted by molar-refractivity contribution is 0.351. The van der Waals surface area contributed by atoms with Crippen LogP contribution in [-0.4, -0.2) is 12.1 Å². The van der Waals surface area contributed by atoms with Crippen molar-refractivity contribution in [3.63, 3.8) is 0 Å². The molecule has 3 heteroatoms. The van der Waals surface area contributed by atoms with E-state index in [0.29, 0.717) is 6.61 Å². The van der Waals surface area contributed by atoms with Crippen LogP contribution in [0, 0.1) is 0 Å².